The van der Waals surface area contributed by atoms with Gasteiger partial charge in [-0.05, 0) is 24.6 Å². The van der Waals surface area contributed by atoms with Gasteiger partial charge in [0.1, 0.15) is 0 Å². The zero-order chi connectivity index (χ0) is 6.97. The predicted molar refractivity (Wildman–Crippen MR) is 42.0 cm³/mol. The summed E-state index contributed by atoms with van der Waals surface area (Å²) in [5.74, 6) is 0. The van der Waals surface area contributed by atoms with Crippen LogP contribution in [0.15, 0.2) is 24.4 Å². The smallest absolute Gasteiger partial charge is 0.0705 e. The van der Waals surface area contributed by atoms with Crippen LogP contribution in [-0.4, -0.2) is 0 Å². The Bertz CT molecular complexity index is 287. The SMILES string of the molecule is Cc1ccc2c(c1)[N]C=C2. The minimum absolute atomic E-state index is 1.10. The molecule has 0 aromatic heterocycles. The molecule has 0 unspecified atom stereocenters. The van der Waals surface area contributed by atoms with Gasteiger partial charge in [-0.1, -0.05) is 12.1 Å². The summed E-state index contributed by atoms with van der Waals surface area (Å²) in [7, 11) is 0. The molecule has 0 bridgehead atoms. The minimum Gasteiger partial charge on any atom is -0.256 e. The quantitative estimate of drug-likeness (QED) is 0.511. The molecule has 0 atom stereocenters. The molecule has 1 aliphatic heterocycles. The van der Waals surface area contributed by atoms with Gasteiger partial charge in [-0.25, -0.2) is 0 Å². The van der Waals surface area contributed by atoms with Crippen LogP contribution < -0.4 is 5.32 Å². The van der Waals surface area contributed by atoms with Crippen molar-refractivity contribution in [1.29, 1.82) is 0 Å². The maximum Gasteiger partial charge on any atom is 0.0705 e. The Morgan fingerprint density at radius 3 is 3.10 bits per heavy atom. The Morgan fingerprint density at radius 2 is 2.20 bits per heavy atom. The number of aryl methyl sites for hydroxylation is 1. The highest BCUT2D eigenvalue weighted by atomic mass is 14.9. The lowest BCUT2D eigenvalue weighted by atomic mass is 10.1. The van der Waals surface area contributed by atoms with Crippen LogP contribution in [0.5, 0.6) is 0 Å². The van der Waals surface area contributed by atoms with Crippen molar-refractivity contribution in [3.8, 4) is 0 Å². The normalized spacial score (nSPS) is 12.9. The van der Waals surface area contributed by atoms with E-state index in [4.69, 9.17) is 0 Å². The molecule has 10 heavy (non-hydrogen) atoms. The fourth-order valence-corrected chi connectivity index (χ4v) is 1.10. The molecule has 0 aliphatic carbocycles. The van der Waals surface area contributed by atoms with Crippen LogP contribution in [0.2, 0.25) is 0 Å². The molecule has 1 aromatic carbocycles. The van der Waals surface area contributed by atoms with Gasteiger partial charge in [-0.3, -0.25) is 5.32 Å². The fraction of sp³-hybridized carbons (Fsp3) is 0.111. The van der Waals surface area contributed by atoms with E-state index >= 15 is 0 Å². The second-order valence-corrected chi connectivity index (χ2v) is 2.51. The lowest BCUT2D eigenvalue weighted by Gasteiger charge is -1.97. The van der Waals surface area contributed by atoms with E-state index in [1.807, 2.05) is 12.3 Å². The summed E-state index contributed by atoms with van der Waals surface area (Å²) in [6.45, 7) is 2.08. The Labute approximate surface area is 60.4 Å². The van der Waals surface area contributed by atoms with Crippen LogP contribution in [0, 0.1) is 6.92 Å². The lowest BCUT2D eigenvalue weighted by molar-refractivity contribution is 1.21. The van der Waals surface area contributed by atoms with Crippen molar-refractivity contribution in [2.45, 2.75) is 6.92 Å². The number of rotatable bonds is 0. The second-order valence-electron chi connectivity index (χ2n) is 2.51. The van der Waals surface area contributed by atoms with Crippen LogP contribution >= 0.6 is 0 Å². The van der Waals surface area contributed by atoms with E-state index in [0.717, 1.165) is 5.69 Å². The van der Waals surface area contributed by atoms with Crippen LogP contribution in [0.4, 0.5) is 5.69 Å². The lowest BCUT2D eigenvalue weighted by Crippen LogP contribution is -1.82. The standard InChI is InChI=1S/C9H8N/c1-7-2-3-8-4-5-10-9(8)6-7/h2-6H,1H3. The van der Waals surface area contributed by atoms with E-state index in [0.29, 0.717) is 0 Å². The minimum atomic E-state index is 1.10. The van der Waals surface area contributed by atoms with Gasteiger partial charge in [-0.15, -0.1) is 0 Å². The summed E-state index contributed by atoms with van der Waals surface area (Å²) in [4.78, 5) is 0. The maximum atomic E-state index is 4.18. The molecule has 1 aromatic rings. The van der Waals surface area contributed by atoms with Gasteiger partial charge < -0.3 is 0 Å². The summed E-state index contributed by atoms with van der Waals surface area (Å²) in [5.41, 5.74) is 3.59. The fourth-order valence-electron chi connectivity index (χ4n) is 1.10. The number of fused-ring (bicyclic) bond motifs is 1. The van der Waals surface area contributed by atoms with Crippen LogP contribution in [0.25, 0.3) is 6.08 Å². The third-order valence-corrected chi connectivity index (χ3v) is 1.65. The van der Waals surface area contributed by atoms with Gasteiger partial charge >= 0.3 is 0 Å². The Hall–Kier alpha value is -1.24. The monoisotopic (exact) mass is 130 g/mol. The highest BCUT2D eigenvalue weighted by Gasteiger charge is 2.03. The molecule has 1 radical (unpaired) electrons. The molecular formula is C9H8N. The first kappa shape index (κ1) is 5.54. The molecule has 0 spiro atoms. The molecule has 0 amide bonds. The molecule has 0 N–H and O–H groups in total. The van der Waals surface area contributed by atoms with Gasteiger partial charge in [0, 0.05) is 11.8 Å². The molecule has 0 saturated carbocycles. The Kier molecular flexibility index (Phi) is 1.04. The molecule has 0 saturated heterocycles. The van der Waals surface area contributed by atoms with Gasteiger partial charge in [0.15, 0.2) is 0 Å². The van der Waals surface area contributed by atoms with Crippen molar-refractivity contribution < 1.29 is 0 Å². The van der Waals surface area contributed by atoms with Gasteiger partial charge in [0.05, 0.1) is 5.69 Å². The van der Waals surface area contributed by atoms with E-state index < -0.39 is 0 Å². The summed E-state index contributed by atoms with van der Waals surface area (Å²) in [6.07, 6.45) is 3.86. The maximum absolute atomic E-state index is 4.18. The molecular weight excluding hydrogens is 122 g/mol. The van der Waals surface area contributed by atoms with Gasteiger partial charge in [-0.2, -0.15) is 0 Å². The molecule has 1 heterocycles. The molecule has 2 rings (SSSR count). The first-order valence-corrected chi connectivity index (χ1v) is 3.34. The summed E-state index contributed by atoms with van der Waals surface area (Å²) >= 11 is 0. The second kappa shape index (κ2) is 1.87. The topological polar surface area (TPSA) is 14.1 Å². The number of hydrogen-bond acceptors (Lipinski definition) is 0. The van der Waals surface area contributed by atoms with Crippen LogP contribution in [-0.2, 0) is 0 Å². The van der Waals surface area contributed by atoms with Crippen LogP contribution in [0.1, 0.15) is 11.1 Å². The third kappa shape index (κ3) is 0.711. The molecule has 0 fully saturated rings. The first-order chi connectivity index (χ1) is 4.86. The average molecular weight is 130 g/mol. The average Bonchev–Trinajstić information content (AvgIpc) is 2.33. The van der Waals surface area contributed by atoms with E-state index in [1.54, 1.807) is 0 Å². The number of benzene rings is 1. The molecule has 1 heteroatoms. The predicted octanol–water partition coefficient (Wildman–Crippen LogP) is 2.22. The summed E-state index contributed by atoms with van der Waals surface area (Å²) in [5, 5.41) is 4.18. The zero-order valence-electron chi connectivity index (χ0n) is 5.83. The Morgan fingerprint density at radius 1 is 1.30 bits per heavy atom. The van der Waals surface area contributed by atoms with Crippen molar-refractivity contribution in [1.82, 2.24) is 5.32 Å². The third-order valence-electron chi connectivity index (χ3n) is 1.65. The van der Waals surface area contributed by atoms with Gasteiger partial charge in [0.2, 0.25) is 0 Å². The zero-order valence-corrected chi connectivity index (χ0v) is 5.83. The van der Waals surface area contributed by atoms with E-state index in [9.17, 15) is 0 Å². The number of hydrogen-bond donors (Lipinski definition) is 0. The Balaban J connectivity index is 2.59. The molecule has 1 nitrogen and oxygen atoms in total. The van der Waals surface area contributed by atoms with Crippen molar-refractivity contribution in [2.24, 2.45) is 0 Å². The number of nitrogens with zero attached hydrogens (tertiary/aromatic N) is 1. The van der Waals surface area contributed by atoms with E-state index in [-0.39, 0.29) is 0 Å². The molecule has 49 valence electrons. The highest BCUT2D eigenvalue weighted by molar-refractivity contribution is 5.69. The van der Waals surface area contributed by atoms with Crippen molar-refractivity contribution >= 4 is 11.8 Å². The summed E-state index contributed by atoms with van der Waals surface area (Å²) in [6, 6.07) is 6.29. The van der Waals surface area contributed by atoms with Crippen LogP contribution in [0.3, 0.4) is 0 Å². The summed E-state index contributed by atoms with van der Waals surface area (Å²) < 4.78 is 0. The van der Waals surface area contributed by atoms with E-state index in [2.05, 4.69) is 30.4 Å². The van der Waals surface area contributed by atoms with Crippen molar-refractivity contribution in [3.63, 3.8) is 0 Å². The first-order valence-electron chi connectivity index (χ1n) is 3.34. The highest BCUT2D eigenvalue weighted by Crippen LogP contribution is 2.23. The van der Waals surface area contributed by atoms with Gasteiger partial charge in [0.25, 0.3) is 0 Å². The molecule has 1 aliphatic rings. The largest absolute Gasteiger partial charge is 0.256 e. The van der Waals surface area contributed by atoms with Crippen molar-refractivity contribution in [3.05, 3.63) is 35.5 Å². The van der Waals surface area contributed by atoms with E-state index in [1.165, 1.54) is 11.1 Å². The van der Waals surface area contributed by atoms with Crippen molar-refractivity contribution in [2.75, 3.05) is 0 Å².